The number of nitrogens with one attached hydrogen (secondary N) is 2. The number of rotatable bonds is 8. The first kappa shape index (κ1) is 21.5. The highest BCUT2D eigenvalue weighted by molar-refractivity contribution is 7.80. The molecule has 2 rings (SSSR count). The zero-order valence-corrected chi connectivity index (χ0v) is 17.4. The lowest BCUT2D eigenvalue weighted by atomic mass is 10.2. The molecule has 0 aliphatic rings. The van der Waals surface area contributed by atoms with Gasteiger partial charge < -0.3 is 10.1 Å². The predicted octanol–water partition coefficient (Wildman–Crippen LogP) is 5.37. The molecule has 144 valence electrons. The Morgan fingerprint density at radius 3 is 2.52 bits per heavy atom. The van der Waals surface area contributed by atoms with Crippen molar-refractivity contribution in [3.05, 3.63) is 63.6 Å². The van der Waals surface area contributed by atoms with Gasteiger partial charge in [-0.25, -0.2) is 0 Å². The highest BCUT2D eigenvalue weighted by Crippen LogP contribution is 2.20. The van der Waals surface area contributed by atoms with Crippen molar-refractivity contribution in [2.75, 3.05) is 6.61 Å². The second kappa shape index (κ2) is 11.1. The summed E-state index contributed by atoms with van der Waals surface area (Å²) in [5, 5.41) is 6.94. The molecule has 0 unspecified atom stereocenters. The van der Waals surface area contributed by atoms with Gasteiger partial charge in [-0.3, -0.25) is 10.1 Å². The Labute approximate surface area is 175 Å². The number of benzene rings is 2. The van der Waals surface area contributed by atoms with E-state index in [2.05, 4.69) is 17.6 Å². The zero-order valence-electron chi connectivity index (χ0n) is 15.1. The van der Waals surface area contributed by atoms with Gasteiger partial charge in [0.25, 0.3) is 5.91 Å². The number of hydrogen-bond acceptors (Lipinski definition) is 3. The van der Waals surface area contributed by atoms with E-state index in [1.54, 1.807) is 42.5 Å². The highest BCUT2D eigenvalue weighted by atomic mass is 35.5. The van der Waals surface area contributed by atoms with Gasteiger partial charge >= 0.3 is 0 Å². The quantitative estimate of drug-likeness (QED) is 0.441. The second-order valence-electron chi connectivity index (χ2n) is 5.95. The van der Waals surface area contributed by atoms with Gasteiger partial charge in [-0.05, 0) is 60.6 Å². The smallest absolute Gasteiger partial charge is 0.257 e. The van der Waals surface area contributed by atoms with E-state index in [0.29, 0.717) is 28.8 Å². The van der Waals surface area contributed by atoms with Crippen LogP contribution in [0.4, 0.5) is 0 Å². The van der Waals surface area contributed by atoms with E-state index in [1.807, 2.05) is 0 Å². The van der Waals surface area contributed by atoms with E-state index in [-0.39, 0.29) is 11.0 Å². The molecular formula is C20H22Cl2N2O2S. The molecule has 0 aromatic heterocycles. The molecule has 0 atom stereocenters. The number of thiocarbonyl (C=S) groups is 1. The fourth-order valence-electron chi connectivity index (χ4n) is 2.30. The minimum absolute atomic E-state index is 0.228. The molecule has 27 heavy (non-hydrogen) atoms. The van der Waals surface area contributed by atoms with Crippen molar-refractivity contribution >= 4 is 46.4 Å². The first-order valence-electron chi connectivity index (χ1n) is 8.75. The van der Waals surface area contributed by atoms with Gasteiger partial charge in [0, 0.05) is 22.2 Å². The summed E-state index contributed by atoms with van der Waals surface area (Å²) in [4.78, 5) is 12.3. The largest absolute Gasteiger partial charge is 0.494 e. The van der Waals surface area contributed by atoms with Gasteiger partial charge in [0.2, 0.25) is 0 Å². The third-order valence-electron chi connectivity index (χ3n) is 3.81. The number of ether oxygens (including phenoxy) is 1. The Balaban J connectivity index is 1.80. The predicted molar refractivity (Wildman–Crippen MR) is 115 cm³/mol. The van der Waals surface area contributed by atoms with Crippen LogP contribution < -0.4 is 15.4 Å². The van der Waals surface area contributed by atoms with Gasteiger partial charge in [0.15, 0.2) is 5.11 Å². The monoisotopic (exact) mass is 424 g/mol. The summed E-state index contributed by atoms with van der Waals surface area (Å²) >= 11 is 17.2. The third-order valence-corrected chi connectivity index (χ3v) is 4.65. The van der Waals surface area contributed by atoms with Crippen molar-refractivity contribution in [1.82, 2.24) is 10.6 Å². The van der Waals surface area contributed by atoms with Crippen LogP contribution in [0.3, 0.4) is 0 Å². The van der Waals surface area contributed by atoms with Crippen LogP contribution in [0.25, 0.3) is 0 Å². The summed E-state index contributed by atoms with van der Waals surface area (Å²) in [6.07, 6.45) is 3.32. The molecule has 0 aliphatic heterocycles. The van der Waals surface area contributed by atoms with E-state index in [0.717, 1.165) is 30.6 Å². The maximum atomic E-state index is 12.3. The molecule has 0 heterocycles. The molecular weight excluding hydrogens is 403 g/mol. The average molecular weight is 425 g/mol. The summed E-state index contributed by atoms with van der Waals surface area (Å²) in [6.45, 7) is 3.22. The van der Waals surface area contributed by atoms with Crippen molar-refractivity contribution in [3.8, 4) is 5.75 Å². The molecule has 0 fully saturated rings. The van der Waals surface area contributed by atoms with Crippen molar-refractivity contribution in [2.24, 2.45) is 0 Å². The Morgan fingerprint density at radius 1 is 1.11 bits per heavy atom. The molecule has 0 radical (unpaired) electrons. The maximum Gasteiger partial charge on any atom is 0.257 e. The summed E-state index contributed by atoms with van der Waals surface area (Å²) < 4.78 is 5.64. The first-order chi connectivity index (χ1) is 13.0. The lowest BCUT2D eigenvalue weighted by Crippen LogP contribution is -2.38. The van der Waals surface area contributed by atoms with E-state index in [4.69, 9.17) is 40.2 Å². The fraction of sp³-hybridized carbons (Fsp3) is 0.300. The van der Waals surface area contributed by atoms with Gasteiger partial charge in [-0.2, -0.15) is 0 Å². The van der Waals surface area contributed by atoms with Crippen LogP contribution in [0, 0.1) is 0 Å². The number of carbonyl (C=O) groups is 1. The summed E-state index contributed by atoms with van der Waals surface area (Å²) in [5.41, 5.74) is 1.34. The van der Waals surface area contributed by atoms with E-state index in [9.17, 15) is 4.79 Å². The van der Waals surface area contributed by atoms with E-state index < -0.39 is 0 Å². The number of hydrogen-bond donors (Lipinski definition) is 2. The molecule has 4 nitrogen and oxygen atoms in total. The first-order valence-corrected chi connectivity index (χ1v) is 9.92. The molecule has 0 spiro atoms. The minimum atomic E-state index is -0.285. The molecule has 7 heteroatoms. The molecule has 2 aromatic rings. The standard InChI is InChI=1S/C20H22Cl2N2O2S/c1-2-3-4-11-26-17-9-6-14(7-10-17)19(25)24-20(27)23-13-15-5-8-16(21)12-18(15)22/h5-10,12H,2-4,11,13H2,1H3,(H2,23,24,25,27). The topological polar surface area (TPSA) is 50.4 Å². The van der Waals surface area contributed by atoms with E-state index >= 15 is 0 Å². The van der Waals surface area contributed by atoms with Crippen LogP contribution >= 0.6 is 35.4 Å². The highest BCUT2D eigenvalue weighted by Gasteiger charge is 2.09. The SMILES string of the molecule is CCCCCOc1ccc(C(=O)NC(=S)NCc2ccc(Cl)cc2Cl)cc1. The molecule has 2 aromatic carbocycles. The van der Waals surface area contributed by atoms with Crippen LogP contribution in [-0.4, -0.2) is 17.6 Å². The summed E-state index contributed by atoms with van der Waals surface area (Å²) in [5.74, 6) is 0.466. The lowest BCUT2D eigenvalue weighted by Gasteiger charge is -2.11. The number of unbranched alkanes of at least 4 members (excludes halogenated alkanes) is 2. The molecule has 0 saturated carbocycles. The van der Waals surface area contributed by atoms with Crippen molar-refractivity contribution in [3.63, 3.8) is 0 Å². The Kier molecular flexibility index (Phi) is 8.85. The third kappa shape index (κ3) is 7.37. The second-order valence-corrected chi connectivity index (χ2v) is 7.20. The zero-order chi connectivity index (χ0) is 19.6. The Bertz CT molecular complexity index is 782. The average Bonchev–Trinajstić information content (AvgIpc) is 2.65. The van der Waals surface area contributed by atoms with Crippen LogP contribution in [-0.2, 0) is 6.54 Å². The lowest BCUT2D eigenvalue weighted by molar-refractivity contribution is 0.0976. The van der Waals surface area contributed by atoms with Crippen molar-refractivity contribution < 1.29 is 9.53 Å². The maximum absolute atomic E-state index is 12.3. The van der Waals surface area contributed by atoms with Crippen molar-refractivity contribution in [2.45, 2.75) is 32.7 Å². The van der Waals surface area contributed by atoms with Crippen LogP contribution in [0.1, 0.15) is 42.1 Å². The summed E-state index contributed by atoms with van der Waals surface area (Å²) in [6, 6.07) is 12.2. The van der Waals surface area contributed by atoms with E-state index in [1.165, 1.54) is 0 Å². The summed E-state index contributed by atoms with van der Waals surface area (Å²) in [7, 11) is 0. The molecule has 1 amide bonds. The molecule has 0 bridgehead atoms. The van der Waals surface area contributed by atoms with Gasteiger partial charge in [-0.1, -0.05) is 49.0 Å². The number of amides is 1. The van der Waals surface area contributed by atoms with Crippen LogP contribution in [0.15, 0.2) is 42.5 Å². The van der Waals surface area contributed by atoms with Crippen LogP contribution in [0.2, 0.25) is 10.0 Å². The minimum Gasteiger partial charge on any atom is -0.494 e. The number of carbonyl (C=O) groups excluding carboxylic acids is 1. The van der Waals surface area contributed by atoms with Gasteiger partial charge in [0.05, 0.1) is 6.61 Å². The molecule has 0 saturated heterocycles. The number of halogens is 2. The van der Waals surface area contributed by atoms with Gasteiger partial charge in [-0.15, -0.1) is 0 Å². The molecule has 0 aliphatic carbocycles. The van der Waals surface area contributed by atoms with Gasteiger partial charge in [0.1, 0.15) is 5.75 Å². The van der Waals surface area contributed by atoms with Crippen molar-refractivity contribution in [1.29, 1.82) is 0 Å². The Hall–Kier alpha value is -1.82. The Morgan fingerprint density at radius 2 is 1.85 bits per heavy atom. The van der Waals surface area contributed by atoms with Crippen LogP contribution in [0.5, 0.6) is 5.75 Å². The fourth-order valence-corrected chi connectivity index (χ4v) is 2.94. The normalized spacial score (nSPS) is 10.3. The molecule has 2 N–H and O–H groups in total.